The SMILES string of the molecule is Fc1ncccc1OC[C@H]1C=CCN1. The lowest BCUT2D eigenvalue weighted by Crippen LogP contribution is -2.28. The maximum absolute atomic E-state index is 13.0. The summed E-state index contributed by atoms with van der Waals surface area (Å²) in [5, 5.41) is 3.17. The number of pyridine rings is 1. The van der Waals surface area contributed by atoms with E-state index in [4.69, 9.17) is 4.74 Å². The Kier molecular flexibility index (Phi) is 2.74. The van der Waals surface area contributed by atoms with Gasteiger partial charge in [0, 0.05) is 12.7 Å². The summed E-state index contributed by atoms with van der Waals surface area (Å²) in [4.78, 5) is 3.49. The normalized spacial score (nSPS) is 19.9. The molecular formula is C10H11FN2O. The van der Waals surface area contributed by atoms with Gasteiger partial charge in [0.2, 0.25) is 0 Å². The first-order valence-corrected chi connectivity index (χ1v) is 4.49. The molecule has 4 heteroatoms. The highest BCUT2D eigenvalue weighted by Gasteiger charge is 2.10. The molecule has 0 bridgehead atoms. The minimum atomic E-state index is -0.561. The first-order chi connectivity index (χ1) is 6.86. The average Bonchev–Trinajstić information content (AvgIpc) is 2.69. The highest BCUT2D eigenvalue weighted by atomic mass is 19.1. The largest absolute Gasteiger partial charge is 0.487 e. The molecule has 2 rings (SSSR count). The van der Waals surface area contributed by atoms with E-state index in [9.17, 15) is 4.39 Å². The Bertz CT molecular complexity index is 341. The van der Waals surface area contributed by atoms with Gasteiger partial charge in [-0.25, -0.2) is 4.98 Å². The first kappa shape index (κ1) is 9.15. The van der Waals surface area contributed by atoms with E-state index in [1.165, 1.54) is 6.20 Å². The van der Waals surface area contributed by atoms with E-state index in [0.717, 1.165) is 6.54 Å². The van der Waals surface area contributed by atoms with Crippen molar-refractivity contribution in [2.24, 2.45) is 0 Å². The standard InChI is InChI=1S/C10H11FN2O/c11-10-9(4-2-6-13-10)14-7-8-3-1-5-12-8/h1-4,6,8,12H,5,7H2/t8-/m1/s1. The second kappa shape index (κ2) is 4.19. The maximum atomic E-state index is 13.0. The minimum Gasteiger partial charge on any atom is -0.487 e. The van der Waals surface area contributed by atoms with Gasteiger partial charge in [0.05, 0.1) is 6.04 Å². The van der Waals surface area contributed by atoms with E-state index in [0.29, 0.717) is 6.61 Å². The van der Waals surface area contributed by atoms with Crippen LogP contribution in [-0.2, 0) is 0 Å². The van der Waals surface area contributed by atoms with Gasteiger partial charge in [-0.3, -0.25) is 0 Å². The fourth-order valence-corrected chi connectivity index (χ4v) is 1.29. The Labute approximate surface area is 81.6 Å². The van der Waals surface area contributed by atoms with Crippen LogP contribution in [-0.4, -0.2) is 24.2 Å². The zero-order chi connectivity index (χ0) is 9.80. The third-order valence-electron chi connectivity index (χ3n) is 2.01. The molecule has 0 aromatic carbocycles. The maximum Gasteiger partial charge on any atom is 0.255 e. The molecule has 1 N–H and O–H groups in total. The molecule has 1 atom stereocenters. The topological polar surface area (TPSA) is 34.1 Å². The Morgan fingerprint density at radius 1 is 1.64 bits per heavy atom. The van der Waals surface area contributed by atoms with E-state index in [1.54, 1.807) is 12.1 Å². The summed E-state index contributed by atoms with van der Waals surface area (Å²) < 4.78 is 18.3. The van der Waals surface area contributed by atoms with Crippen LogP contribution in [0.15, 0.2) is 30.5 Å². The number of hydrogen-bond donors (Lipinski definition) is 1. The average molecular weight is 194 g/mol. The predicted octanol–water partition coefficient (Wildman–Crippen LogP) is 1.13. The number of ether oxygens (including phenoxy) is 1. The van der Waals surface area contributed by atoms with Crippen LogP contribution in [0.3, 0.4) is 0 Å². The van der Waals surface area contributed by atoms with E-state index >= 15 is 0 Å². The zero-order valence-electron chi connectivity index (χ0n) is 7.61. The van der Waals surface area contributed by atoms with Crippen LogP contribution in [0.2, 0.25) is 0 Å². The summed E-state index contributed by atoms with van der Waals surface area (Å²) >= 11 is 0. The van der Waals surface area contributed by atoms with Gasteiger partial charge in [-0.1, -0.05) is 12.2 Å². The molecule has 14 heavy (non-hydrogen) atoms. The lowest BCUT2D eigenvalue weighted by molar-refractivity contribution is 0.276. The van der Waals surface area contributed by atoms with E-state index in [1.807, 2.05) is 12.2 Å². The summed E-state index contributed by atoms with van der Waals surface area (Å²) in [6, 6.07) is 3.40. The third kappa shape index (κ3) is 2.09. The summed E-state index contributed by atoms with van der Waals surface area (Å²) in [6.07, 6.45) is 5.43. The van der Waals surface area contributed by atoms with Crippen LogP contribution < -0.4 is 10.1 Å². The van der Waals surface area contributed by atoms with Crippen molar-refractivity contribution < 1.29 is 9.13 Å². The van der Waals surface area contributed by atoms with Crippen LogP contribution in [0, 0.1) is 5.95 Å². The Morgan fingerprint density at radius 2 is 2.57 bits per heavy atom. The van der Waals surface area contributed by atoms with Crippen LogP contribution in [0.5, 0.6) is 5.75 Å². The molecule has 1 aliphatic rings. The summed E-state index contributed by atoms with van der Waals surface area (Å²) in [7, 11) is 0. The number of hydrogen-bond acceptors (Lipinski definition) is 3. The summed E-state index contributed by atoms with van der Waals surface area (Å²) in [6.45, 7) is 1.28. The molecule has 0 spiro atoms. The van der Waals surface area contributed by atoms with Crippen LogP contribution in [0.4, 0.5) is 4.39 Å². The summed E-state index contributed by atoms with van der Waals surface area (Å²) in [5.74, 6) is -0.357. The lowest BCUT2D eigenvalue weighted by Gasteiger charge is -2.10. The molecule has 74 valence electrons. The van der Waals surface area contributed by atoms with Crippen LogP contribution in [0.25, 0.3) is 0 Å². The number of rotatable bonds is 3. The minimum absolute atomic E-state index is 0.176. The predicted molar refractivity (Wildman–Crippen MR) is 50.6 cm³/mol. The highest BCUT2D eigenvalue weighted by molar-refractivity contribution is 5.18. The van der Waals surface area contributed by atoms with Gasteiger partial charge < -0.3 is 10.1 Å². The molecule has 0 unspecified atom stereocenters. The molecule has 3 nitrogen and oxygen atoms in total. The van der Waals surface area contributed by atoms with Crippen molar-refractivity contribution in [2.75, 3.05) is 13.2 Å². The van der Waals surface area contributed by atoms with Gasteiger partial charge >= 0.3 is 0 Å². The van der Waals surface area contributed by atoms with Crippen LogP contribution >= 0.6 is 0 Å². The van der Waals surface area contributed by atoms with Crippen molar-refractivity contribution in [3.63, 3.8) is 0 Å². The molecule has 1 aromatic rings. The van der Waals surface area contributed by atoms with Crippen molar-refractivity contribution >= 4 is 0 Å². The third-order valence-corrected chi connectivity index (χ3v) is 2.01. The molecule has 2 heterocycles. The number of aromatic nitrogens is 1. The zero-order valence-corrected chi connectivity index (χ0v) is 7.61. The lowest BCUT2D eigenvalue weighted by atomic mass is 10.3. The van der Waals surface area contributed by atoms with Crippen molar-refractivity contribution in [1.82, 2.24) is 10.3 Å². The molecule has 0 radical (unpaired) electrons. The second-order valence-corrected chi connectivity index (χ2v) is 3.05. The fraction of sp³-hybridized carbons (Fsp3) is 0.300. The molecule has 0 saturated carbocycles. The summed E-state index contributed by atoms with van der Waals surface area (Å²) in [5.41, 5.74) is 0. The molecule has 1 aliphatic heterocycles. The van der Waals surface area contributed by atoms with Gasteiger partial charge in [0.25, 0.3) is 5.95 Å². The van der Waals surface area contributed by atoms with Gasteiger partial charge in [-0.05, 0) is 12.1 Å². The molecular weight excluding hydrogens is 183 g/mol. The van der Waals surface area contributed by atoms with Crippen molar-refractivity contribution in [3.8, 4) is 5.75 Å². The Hall–Kier alpha value is -1.42. The van der Waals surface area contributed by atoms with Gasteiger partial charge in [-0.2, -0.15) is 4.39 Å². The molecule has 0 amide bonds. The van der Waals surface area contributed by atoms with Crippen molar-refractivity contribution in [2.45, 2.75) is 6.04 Å². The smallest absolute Gasteiger partial charge is 0.255 e. The fourth-order valence-electron chi connectivity index (χ4n) is 1.29. The number of halogens is 1. The van der Waals surface area contributed by atoms with Crippen molar-refractivity contribution in [3.05, 3.63) is 36.4 Å². The van der Waals surface area contributed by atoms with Crippen LogP contribution in [0.1, 0.15) is 0 Å². The molecule has 0 aliphatic carbocycles. The van der Waals surface area contributed by atoms with E-state index in [2.05, 4.69) is 10.3 Å². The van der Waals surface area contributed by atoms with E-state index < -0.39 is 5.95 Å². The van der Waals surface area contributed by atoms with E-state index in [-0.39, 0.29) is 11.8 Å². The number of nitrogens with one attached hydrogen (secondary N) is 1. The monoisotopic (exact) mass is 194 g/mol. The second-order valence-electron chi connectivity index (χ2n) is 3.05. The molecule has 0 saturated heterocycles. The van der Waals surface area contributed by atoms with Gasteiger partial charge in [0.1, 0.15) is 6.61 Å². The molecule has 0 fully saturated rings. The Balaban J connectivity index is 1.91. The number of nitrogens with zero attached hydrogens (tertiary/aromatic N) is 1. The Morgan fingerprint density at radius 3 is 3.29 bits per heavy atom. The van der Waals surface area contributed by atoms with Crippen molar-refractivity contribution in [1.29, 1.82) is 0 Å². The molecule has 1 aromatic heterocycles. The van der Waals surface area contributed by atoms with Gasteiger partial charge in [-0.15, -0.1) is 0 Å². The first-order valence-electron chi connectivity index (χ1n) is 4.49. The highest BCUT2D eigenvalue weighted by Crippen LogP contribution is 2.13. The quantitative estimate of drug-likeness (QED) is 0.578. The van der Waals surface area contributed by atoms with Gasteiger partial charge in [0.15, 0.2) is 5.75 Å².